The molecule has 2 aromatic heterocycles. The van der Waals surface area contributed by atoms with E-state index >= 15 is 0 Å². The van der Waals surface area contributed by atoms with Crippen LogP contribution in [0.3, 0.4) is 0 Å². The number of rotatable bonds is 5. The molecule has 0 aliphatic carbocycles. The zero-order valence-corrected chi connectivity index (χ0v) is 16.3. The van der Waals surface area contributed by atoms with Gasteiger partial charge < -0.3 is 10.6 Å². The van der Waals surface area contributed by atoms with Gasteiger partial charge in [-0.2, -0.15) is 0 Å². The molecule has 0 aliphatic rings. The Balaban J connectivity index is 1.49. The molecule has 0 radical (unpaired) electrons. The number of carbonyl (C=O) groups is 1. The van der Waals surface area contributed by atoms with Gasteiger partial charge in [-0.1, -0.05) is 28.1 Å². The maximum Gasteiger partial charge on any atom is 0.255 e. The van der Waals surface area contributed by atoms with Crippen molar-refractivity contribution in [3.63, 3.8) is 0 Å². The normalized spacial score (nSPS) is 10.6. The molecular weight excluding hydrogens is 418 g/mol. The lowest BCUT2D eigenvalue weighted by atomic mass is 10.1. The van der Waals surface area contributed by atoms with Crippen LogP contribution in [0, 0.1) is 0 Å². The van der Waals surface area contributed by atoms with Crippen molar-refractivity contribution in [1.29, 1.82) is 0 Å². The summed E-state index contributed by atoms with van der Waals surface area (Å²) in [7, 11) is 0. The molecular formula is C21H16BrN5O. The third-order valence-corrected chi connectivity index (χ3v) is 4.68. The number of fused-ring (bicyclic) bond motifs is 1. The Bertz CT molecular complexity index is 1130. The van der Waals surface area contributed by atoms with E-state index in [4.69, 9.17) is 0 Å². The molecule has 0 fully saturated rings. The predicted octanol–water partition coefficient (Wildman–Crippen LogP) is 4.65. The number of halogens is 1. The fourth-order valence-electron chi connectivity index (χ4n) is 2.82. The molecule has 0 aliphatic heterocycles. The fraction of sp³-hybridized carbons (Fsp3) is 0.0476. The predicted molar refractivity (Wildman–Crippen MR) is 113 cm³/mol. The van der Waals surface area contributed by atoms with Gasteiger partial charge in [-0.3, -0.25) is 9.78 Å². The van der Waals surface area contributed by atoms with Gasteiger partial charge in [0.15, 0.2) is 0 Å². The highest BCUT2D eigenvalue weighted by Crippen LogP contribution is 2.24. The largest absolute Gasteiger partial charge is 0.365 e. The molecule has 0 saturated heterocycles. The summed E-state index contributed by atoms with van der Waals surface area (Å²) in [6.07, 6.45) is 4.74. The zero-order valence-electron chi connectivity index (χ0n) is 14.8. The van der Waals surface area contributed by atoms with Crippen molar-refractivity contribution < 1.29 is 4.79 Å². The molecule has 2 N–H and O–H groups in total. The number of benzene rings is 2. The number of anilines is 2. The highest BCUT2D eigenvalue weighted by Gasteiger charge is 2.07. The van der Waals surface area contributed by atoms with E-state index in [2.05, 4.69) is 41.5 Å². The molecule has 7 heteroatoms. The first-order valence-electron chi connectivity index (χ1n) is 8.63. The number of carbonyl (C=O) groups excluding carboxylic acids is 1. The summed E-state index contributed by atoms with van der Waals surface area (Å²) in [5.74, 6) is 0.594. The summed E-state index contributed by atoms with van der Waals surface area (Å²) in [6.45, 7) is 0.567. The first kappa shape index (κ1) is 18.1. The van der Waals surface area contributed by atoms with Gasteiger partial charge in [0, 0.05) is 40.0 Å². The molecule has 0 saturated carbocycles. The van der Waals surface area contributed by atoms with Crippen LogP contribution in [0.2, 0.25) is 0 Å². The average molecular weight is 434 g/mol. The molecule has 0 unspecified atom stereocenters. The summed E-state index contributed by atoms with van der Waals surface area (Å²) in [4.78, 5) is 24.9. The minimum atomic E-state index is -0.167. The third-order valence-electron chi connectivity index (χ3n) is 4.18. The van der Waals surface area contributed by atoms with Crippen molar-refractivity contribution in [2.45, 2.75) is 6.54 Å². The molecule has 138 valence electrons. The molecule has 2 heterocycles. The van der Waals surface area contributed by atoms with E-state index in [0.717, 1.165) is 32.4 Å². The van der Waals surface area contributed by atoms with E-state index in [1.807, 2.05) is 42.5 Å². The molecule has 4 aromatic rings. The molecule has 4 rings (SSSR count). The average Bonchev–Trinajstić information content (AvgIpc) is 2.73. The van der Waals surface area contributed by atoms with Crippen LogP contribution in [0.1, 0.15) is 15.9 Å². The Morgan fingerprint density at radius 2 is 1.86 bits per heavy atom. The third kappa shape index (κ3) is 4.15. The Kier molecular flexibility index (Phi) is 5.25. The lowest BCUT2D eigenvalue weighted by Gasteiger charge is -2.10. The molecule has 28 heavy (non-hydrogen) atoms. The lowest BCUT2D eigenvalue weighted by Crippen LogP contribution is -2.12. The number of nitrogens with zero attached hydrogens (tertiary/aromatic N) is 3. The smallest absolute Gasteiger partial charge is 0.255 e. The first-order valence-corrected chi connectivity index (χ1v) is 9.43. The second-order valence-corrected chi connectivity index (χ2v) is 7.04. The Hall–Kier alpha value is -3.32. The van der Waals surface area contributed by atoms with E-state index in [1.54, 1.807) is 30.9 Å². The number of amides is 1. The topological polar surface area (TPSA) is 79.8 Å². The summed E-state index contributed by atoms with van der Waals surface area (Å²) >= 11 is 3.49. The lowest BCUT2D eigenvalue weighted by molar-refractivity contribution is 0.102. The second kappa shape index (κ2) is 8.14. The SMILES string of the molecule is O=C(Nc1cccc(CNc2ncnc3ccc(Br)cc23)c1)c1ccncc1. The van der Waals surface area contributed by atoms with E-state index in [-0.39, 0.29) is 5.91 Å². The van der Waals surface area contributed by atoms with Gasteiger partial charge in [-0.15, -0.1) is 0 Å². The van der Waals surface area contributed by atoms with Crippen LogP contribution in [-0.2, 0) is 6.54 Å². The highest BCUT2D eigenvalue weighted by molar-refractivity contribution is 9.10. The van der Waals surface area contributed by atoms with E-state index in [9.17, 15) is 4.79 Å². The standard InChI is InChI=1S/C21H16BrN5O/c22-16-4-5-19-18(11-16)20(26-13-25-19)24-12-14-2-1-3-17(10-14)27-21(28)15-6-8-23-9-7-15/h1-11,13H,12H2,(H,27,28)(H,24,25,26). The van der Waals surface area contributed by atoms with Gasteiger partial charge >= 0.3 is 0 Å². The molecule has 2 aromatic carbocycles. The van der Waals surface area contributed by atoms with Crippen LogP contribution in [0.25, 0.3) is 10.9 Å². The van der Waals surface area contributed by atoms with Crippen LogP contribution in [0.15, 0.2) is 77.8 Å². The van der Waals surface area contributed by atoms with Crippen molar-refractivity contribution in [1.82, 2.24) is 15.0 Å². The monoisotopic (exact) mass is 433 g/mol. The second-order valence-electron chi connectivity index (χ2n) is 6.13. The molecule has 0 spiro atoms. The molecule has 0 bridgehead atoms. The van der Waals surface area contributed by atoms with Crippen molar-refractivity contribution in [2.75, 3.05) is 10.6 Å². The van der Waals surface area contributed by atoms with Crippen molar-refractivity contribution in [2.24, 2.45) is 0 Å². The number of aromatic nitrogens is 3. The first-order chi connectivity index (χ1) is 13.7. The summed E-state index contributed by atoms with van der Waals surface area (Å²) < 4.78 is 0.971. The number of hydrogen-bond donors (Lipinski definition) is 2. The minimum Gasteiger partial charge on any atom is -0.365 e. The quantitative estimate of drug-likeness (QED) is 0.478. The Morgan fingerprint density at radius 1 is 1.00 bits per heavy atom. The summed E-state index contributed by atoms with van der Waals surface area (Å²) in [6, 6.07) is 16.9. The van der Waals surface area contributed by atoms with Gasteiger partial charge in [0.25, 0.3) is 5.91 Å². The number of pyridine rings is 1. The van der Waals surface area contributed by atoms with Gasteiger partial charge in [0.1, 0.15) is 12.1 Å². The number of nitrogens with one attached hydrogen (secondary N) is 2. The van der Waals surface area contributed by atoms with Gasteiger partial charge in [0.2, 0.25) is 0 Å². The molecule has 1 amide bonds. The van der Waals surface area contributed by atoms with Gasteiger partial charge in [-0.25, -0.2) is 9.97 Å². The van der Waals surface area contributed by atoms with Crippen LogP contribution < -0.4 is 10.6 Å². The van der Waals surface area contributed by atoms with Crippen LogP contribution in [-0.4, -0.2) is 20.9 Å². The molecule has 6 nitrogen and oxygen atoms in total. The van der Waals surface area contributed by atoms with Crippen molar-refractivity contribution in [3.8, 4) is 0 Å². The van der Waals surface area contributed by atoms with Gasteiger partial charge in [-0.05, 0) is 48.0 Å². The Labute approximate surface area is 170 Å². The maximum atomic E-state index is 12.3. The number of hydrogen-bond acceptors (Lipinski definition) is 5. The minimum absolute atomic E-state index is 0.167. The maximum absolute atomic E-state index is 12.3. The van der Waals surface area contributed by atoms with Crippen molar-refractivity contribution >= 4 is 44.2 Å². The zero-order chi connectivity index (χ0) is 19.3. The molecule has 0 atom stereocenters. The summed E-state index contributed by atoms with van der Waals surface area (Å²) in [5, 5.41) is 7.20. The van der Waals surface area contributed by atoms with Crippen LogP contribution in [0.4, 0.5) is 11.5 Å². The van der Waals surface area contributed by atoms with E-state index in [1.165, 1.54) is 0 Å². The summed E-state index contributed by atoms with van der Waals surface area (Å²) in [5.41, 5.74) is 3.20. The van der Waals surface area contributed by atoms with E-state index < -0.39 is 0 Å². The Morgan fingerprint density at radius 3 is 2.71 bits per heavy atom. The van der Waals surface area contributed by atoms with Crippen LogP contribution >= 0.6 is 15.9 Å². The highest BCUT2D eigenvalue weighted by atomic mass is 79.9. The fourth-order valence-corrected chi connectivity index (χ4v) is 3.18. The van der Waals surface area contributed by atoms with E-state index in [0.29, 0.717) is 12.1 Å². The van der Waals surface area contributed by atoms with Crippen LogP contribution in [0.5, 0.6) is 0 Å². The van der Waals surface area contributed by atoms with Crippen molar-refractivity contribution in [3.05, 3.63) is 88.9 Å². The van der Waals surface area contributed by atoms with Gasteiger partial charge in [0.05, 0.1) is 5.52 Å².